The molecule has 5 heterocycles. The molecule has 0 saturated carbocycles. The Morgan fingerprint density at radius 3 is 2.83 bits per heavy atom. The highest BCUT2D eigenvalue weighted by Crippen LogP contribution is 2.32. The molecule has 0 unspecified atom stereocenters. The molecule has 1 atom stereocenters. The van der Waals surface area contributed by atoms with Gasteiger partial charge in [-0.3, -0.25) is 14.4 Å². The minimum Gasteiger partial charge on any atom is -0.357 e. The lowest BCUT2D eigenvalue weighted by Gasteiger charge is -2.22. The first-order valence-electron chi connectivity index (χ1n) is 12.7. The zero-order valence-corrected chi connectivity index (χ0v) is 20.5. The number of carbonyl (C=O) groups excluding carboxylic acids is 1. The fraction of sp³-hybridized carbons (Fsp3) is 0.444. The van der Waals surface area contributed by atoms with Crippen LogP contribution < -0.4 is 10.6 Å². The molecule has 2 fully saturated rings. The number of aryl methyl sites for hydroxylation is 1. The molecule has 35 heavy (non-hydrogen) atoms. The van der Waals surface area contributed by atoms with Gasteiger partial charge in [-0.25, -0.2) is 4.98 Å². The molecule has 1 amide bonds. The summed E-state index contributed by atoms with van der Waals surface area (Å²) in [7, 11) is 2.17. The van der Waals surface area contributed by atoms with Crippen molar-refractivity contribution in [1.82, 2.24) is 30.0 Å². The van der Waals surface area contributed by atoms with E-state index in [1.807, 2.05) is 37.4 Å². The Hall–Kier alpha value is -3.23. The minimum atomic E-state index is -0.159. The predicted octanol–water partition coefficient (Wildman–Crippen LogP) is 4.24. The highest BCUT2D eigenvalue weighted by molar-refractivity contribution is 6.06. The molecule has 0 radical (unpaired) electrons. The molecule has 0 aliphatic carbocycles. The standard InChI is InChI=1S/C27H33N7O/c1-17-21-6-5-19(13-25(21)34(32-17)16-18-7-9-28-10-8-18)27(35)31-26-14-22-20(15-29-26)12-23(30-22)24-4-3-11-33(24)2/h5-6,12-15,18,24,28,30H,3-4,7-11,16H2,1-2H3,(H,29,31,35)/t24-/m1/s1. The fourth-order valence-electron chi connectivity index (χ4n) is 5.72. The van der Waals surface area contributed by atoms with E-state index >= 15 is 0 Å². The molecule has 0 bridgehead atoms. The molecule has 8 nitrogen and oxygen atoms in total. The van der Waals surface area contributed by atoms with Crippen molar-refractivity contribution in [1.29, 1.82) is 0 Å². The first-order valence-corrected chi connectivity index (χ1v) is 12.7. The minimum absolute atomic E-state index is 0.159. The number of hydrogen-bond acceptors (Lipinski definition) is 5. The summed E-state index contributed by atoms with van der Waals surface area (Å²) in [5.74, 6) is 1.00. The van der Waals surface area contributed by atoms with Crippen LogP contribution in [0.5, 0.6) is 0 Å². The van der Waals surface area contributed by atoms with E-state index in [2.05, 4.69) is 43.3 Å². The average Bonchev–Trinajstić information content (AvgIpc) is 3.56. The lowest BCUT2D eigenvalue weighted by Crippen LogP contribution is -2.30. The highest BCUT2D eigenvalue weighted by atomic mass is 16.1. The number of pyridine rings is 1. The lowest BCUT2D eigenvalue weighted by atomic mass is 9.98. The van der Waals surface area contributed by atoms with Crippen molar-refractivity contribution in [2.45, 2.75) is 45.2 Å². The van der Waals surface area contributed by atoms with E-state index in [0.717, 1.165) is 72.9 Å². The number of rotatable bonds is 5. The quantitative estimate of drug-likeness (QED) is 0.405. The van der Waals surface area contributed by atoms with Gasteiger partial charge in [0.2, 0.25) is 0 Å². The summed E-state index contributed by atoms with van der Waals surface area (Å²) in [4.78, 5) is 23.6. The summed E-state index contributed by atoms with van der Waals surface area (Å²) in [6.07, 6.45) is 6.53. The Morgan fingerprint density at radius 1 is 1.17 bits per heavy atom. The third kappa shape index (κ3) is 4.32. The number of anilines is 1. The number of fused-ring (bicyclic) bond motifs is 2. The molecule has 182 valence electrons. The number of hydrogen-bond donors (Lipinski definition) is 3. The van der Waals surface area contributed by atoms with Gasteiger partial charge in [0.25, 0.3) is 5.91 Å². The van der Waals surface area contributed by atoms with E-state index in [1.54, 1.807) is 0 Å². The second-order valence-electron chi connectivity index (χ2n) is 10.2. The summed E-state index contributed by atoms with van der Waals surface area (Å²) >= 11 is 0. The molecule has 2 aliphatic heterocycles. The zero-order valence-electron chi connectivity index (χ0n) is 20.5. The second kappa shape index (κ2) is 9.09. The number of likely N-dealkylation sites (tertiary alicyclic amines) is 1. The fourth-order valence-corrected chi connectivity index (χ4v) is 5.72. The normalized spacial score (nSPS) is 19.7. The van der Waals surface area contributed by atoms with Gasteiger partial charge in [0.15, 0.2) is 0 Å². The number of nitrogens with zero attached hydrogens (tertiary/aromatic N) is 4. The summed E-state index contributed by atoms with van der Waals surface area (Å²) in [5.41, 5.74) is 4.85. The van der Waals surface area contributed by atoms with Crippen LogP contribution in [-0.2, 0) is 6.54 Å². The van der Waals surface area contributed by atoms with Gasteiger partial charge in [0.05, 0.1) is 16.7 Å². The number of aromatic nitrogens is 4. The van der Waals surface area contributed by atoms with Crippen LogP contribution in [-0.4, -0.2) is 57.2 Å². The molecular formula is C27H33N7O. The van der Waals surface area contributed by atoms with Crippen LogP contribution in [0.25, 0.3) is 21.8 Å². The first-order chi connectivity index (χ1) is 17.0. The summed E-state index contributed by atoms with van der Waals surface area (Å²) in [6.45, 7) is 6.18. The van der Waals surface area contributed by atoms with E-state index < -0.39 is 0 Å². The Morgan fingerprint density at radius 2 is 2.03 bits per heavy atom. The second-order valence-corrected chi connectivity index (χ2v) is 10.2. The summed E-state index contributed by atoms with van der Waals surface area (Å²) < 4.78 is 2.09. The first kappa shape index (κ1) is 22.2. The molecule has 3 aromatic heterocycles. The smallest absolute Gasteiger partial charge is 0.256 e. The van der Waals surface area contributed by atoms with E-state index in [4.69, 9.17) is 5.10 Å². The number of amides is 1. The molecule has 3 N–H and O–H groups in total. The molecule has 2 saturated heterocycles. The van der Waals surface area contributed by atoms with Gasteiger partial charge in [0.1, 0.15) is 5.82 Å². The average molecular weight is 472 g/mol. The van der Waals surface area contributed by atoms with Gasteiger partial charge in [-0.05, 0) is 83.4 Å². The van der Waals surface area contributed by atoms with Crippen molar-refractivity contribution in [3.05, 3.63) is 53.5 Å². The van der Waals surface area contributed by atoms with Gasteiger partial charge in [-0.1, -0.05) is 6.07 Å². The van der Waals surface area contributed by atoms with Crippen LogP contribution >= 0.6 is 0 Å². The zero-order chi connectivity index (χ0) is 23.9. The van der Waals surface area contributed by atoms with Gasteiger partial charge >= 0.3 is 0 Å². The van der Waals surface area contributed by atoms with Crippen LogP contribution in [0, 0.1) is 12.8 Å². The van der Waals surface area contributed by atoms with Crippen LogP contribution in [0.4, 0.5) is 5.82 Å². The molecule has 1 aromatic carbocycles. The molecule has 2 aliphatic rings. The van der Waals surface area contributed by atoms with E-state index in [0.29, 0.717) is 23.3 Å². The van der Waals surface area contributed by atoms with Crippen LogP contribution in [0.15, 0.2) is 36.5 Å². The van der Waals surface area contributed by atoms with Crippen molar-refractivity contribution < 1.29 is 4.79 Å². The van der Waals surface area contributed by atoms with Crippen molar-refractivity contribution in [2.24, 2.45) is 5.92 Å². The third-order valence-corrected chi connectivity index (χ3v) is 7.73. The van der Waals surface area contributed by atoms with Crippen LogP contribution in [0.1, 0.15) is 53.5 Å². The van der Waals surface area contributed by atoms with Crippen molar-refractivity contribution in [3.63, 3.8) is 0 Å². The largest absolute Gasteiger partial charge is 0.357 e. The van der Waals surface area contributed by atoms with Crippen molar-refractivity contribution in [3.8, 4) is 0 Å². The Kier molecular flexibility index (Phi) is 5.78. The summed E-state index contributed by atoms with van der Waals surface area (Å²) in [5, 5.41) is 13.4. The maximum Gasteiger partial charge on any atom is 0.256 e. The van der Waals surface area contributed by atoms with E-state index in [1.165, 1.54) is 12.1 Å². The third-order valence-electron chi connectivity index (χ3n) is 7.73. The van der Waals surface area contributed by atoms with Gasteiger partial charge in [-0.2, -0.15) is 5.10 Å². The molecule has 8 heteroatoms. The highest BCUT2D eigenvalue weighted by Gasteiger charge is 2.24. The van der Waals surface area contributed by atoms with Crippen LogP contribution in [0.2, 0.25) is 0 Å². The maximum absolute atomic E-state index is 13.2. The van der Waals surface area contributed by atoms with Gasteiger partial charge < -0.3 is 15.6 Å². The Balaban J connectivity index is 1.23. The van der Waals surface area contributed by atoms with Crippen molar-refractivity contribution >= 4 is 33.5 Å². The molecule has 4 aromatic rings. The van der Waals surface area contributed by atoms with Gasteiger partial charge in [0, 0.05) is 46.9 Å². The number of aromatic amines is 1. The van der Waals surface area contributed by atoms with Crippen LogP contribution in [0.3, 0.4) is 0 Å². The number of piperidine rings is 1. The summed E-state index contributed by atoms with van der Waals surface area (Å²) in [6, 6.07) is 10.4. The number of H-pyrrole nitrogens is 1. The number of nitrogens with one attached hydrogen (secondary N) is 3. The molecule has 0 spiro atoms. The Labute approximate surface area is 205 Å². The van der Waals surface area contributed by atoms with E-state index in [9.17, 15) is 4.79 Å². The number of carbonyl (C=O) groups is 1. The predicted molar refractivity (Wildman–Crippen MR) is 139 cm³/mol. The van der Waals surface area contributed by atoms with Gasteiger partial charge in [-0.15, -0.1) is 0 Å². The van der Waals surface area contributed by atoms with E-state index in [-0.39, 0.29) is 5.91 Å². The lowest BCUT2D eigenvalue weighted by molar-refractivity contribution is 0.102. The monoisotopic (exact) mass is 471 g/mol. The topological polar surface area (TPSA) is 90.9 Å². The molecule has 6 rings (SSSR count). The SMILES string of the molecule is Cc1nn(CC2CCNCC2)c2cc(C(=O)Nc3cc4[nH]c([C@H]5CCCN5C)cc4cn3)ccc12. The molecular weight excluding hydrogens is 438 g/mol. The Bertz CT molecular complexity index is 1380. The van der Waals surface area contributed by atoms with Crippen molar-refractivity contribution in [2.75, 3.05) is 32.0 Å². The maximum atomic E-state index is 13.2. The number of benzene rings is 1.